The Morgan fingerprint density at radius 2 is 1.63 bits per heavy atom. The molecule has 4 aliphatic rings. The van der Waals surface area contributed by atoms with Crippen LogP contribution >= 0.6 is 0 Å². The molecule has 3 fully saturated rings. The normalized spacial score (nSPS) is 33.8. The summed E-state index contributed by atoms with van der Waals surface area (Å²) in [5.74, 6) is -1.24. The fraction of sp³-hybridized carbons (Fsp3) is 0.609. The summed E-state index contributed by atoms with van der Waals surface area (Å²) in [4.78, 5) is 44.2. The number of carbonyl (C=O) groups excluding carboxylic acids is 3. The lowest BCUT2D eigenvalue weighted by molar-refractivity contribution is -0.161. The molecule has 1 saturated carbocycles. The predicted molar refractivity (Wildman–Crippen MR) is 109 cm³/mol. The standard InChI is InChI=1S/C23H28FN3O3/c1-21(2)10-14-11-22(3,12-21)17-23(18(28)25(4)20(30)26(5)19(23)29)9-13-7-6-8-15(24)16(13)27(14)17/h6-8,14,17H,9-12H2,1-5H3/t14-,17+,22-/m0/s1. The van der Waals surface area contributed by atoms with Crippen LogP contribution in [0.3, 0.4) is 0 Å². The highest BCUT2D eigenvalue weighted by atomic mass is 19.1. The van der Waals surface area contributed by atoms with Gasteiger partial charge in [0.05, 0.1) is 11.7 Å². The van der Waals surface area contributed by atoms with E-state index in [-0.39, 0.29) is 29.1 Å². The van der Waals surface area contributed by atoms with Gasteiger partial charge in [0.15, 0.2) is 5.41 Å². The van der Waals surface area contributed by atoms with Crippen LogP contribution in [0.25, 0.3) is 0 Å². The van der Waals surface area contributed by atoms with E-state index in [0.29, 0.717) is 11.3 Å². The third-order valence-electron chi connectivity index (χ3n) is 7.92. The number of benzene rings is 1. The molecule has 5 rings (SSSR count). The van der Waals surface area contributed by atoms with Gasteiger partial charge in [0, 0.05) is 20.1 Å². The molecule has 1 spiro atoms. The molecule has 30 heavy (non-hydrogen) atoms. The molecule has 1 aliphatic carbocycles. The summed E-state index contributed by atoms with van der Waals surface area (Å²) in [7, 11) is 2.88. The molecule has 0 radical (unpaired) electrons. The van der Waals surface area contributed by atoms with E-state index in [9.17, 15) is 14.4 Å². The second-order valence-corrected chi connectivity index (χ2v) is 10.8. The number of imide groups is 2. The summed E-state index contributed by atoms with van der Waals surface area (Å²) >= 11 is 0. The van der Waals surface area contributed by atoms with Crippen LogP contribution in [0.5, 0.6) is 0 Å². The Kier molecular flexibility index (Phi) is 3.66. The van der Waals surface area contributed by atoms with Crippen LogP contribution < -0.4 is 4.90 Å². The highest BCUT2D eigenvalue weighted by molar-refractivity contribution is 6.20. The second-order valence-electron chi connectivity index (χ2n) is 10.8. The summed E-state index contributed by atoms with van der Waals surface area (Å²) in [6, 6.07) is 3.84. The minimum atomic E-state index is -1.43. The average molecular weight is 413 g/mol. The van der Waals surface area contributed by atoms with Crippen molar-refractivity contribution in [3.05, 3.63) is 29.6 Å². The number of nitrogens with zero attached hydrogens (tertiary/aromatic N) is 3. The maximum Gasteiger partial charge on any atom is 0.332 e. The van der Waals surface area contributed by atoms with E-state index in [1.54, 1.807) is 6.07 Å². The number of anilines is 1. The Labute approximate surface area is 176 Å². The highest BCUT2D eigenvalue weighted by Gasteiger charge is 2.72. The molecule has 6 nitrogen and oxygen atoms in total. The van der Waals surface area contributed by atoms with E-state index >= 15 is 4.39 Å². The Hall–Kier alpha value is -2.44. The first-order chi connectivity index (χ1) is 13.9. The monoisotopic (exact) mass is 413 g/mol. The summed E-state index contributed by atoms with van der Waals surface area (Å²) < 4.78 is 15.2. The molecule has 0 unspecified atom stereocenters. The lowest BCUT2D eigenvalue weighted by atomic mass is 9.56. The zero-order valence-corrected chi connectivity index (χ0v) is 18.2. The zero-order valence-electron chi connectivity index (χ0n) is 18.2. The maximum atomic E-state index is 15.2. The molecular formula is C23H28FN3O3. The van der Waals surface area contributed by atoms with E-state index in [4.69, 9.17) is 0 Å². The van der Waals surface area contributed by atoms with Gasteiger partial charge in [-0.2, -0.15) is 0 Å². The summed E-state index contributed by atoms with van der Waals surface area (Å²) in [5, 5.41) is 0. The minimum Gasteiger partial charge on any atom is -0.361 e. The van der Waals surface area contributed by atoms with Crippen molar-refractivity contribution in [2.75, 3.05) is 19.0 Å². The molecule has 3 aliphatic heterocycles. The fourth-order valence-electron chi connectivity index (χ4n) is 7.44. The van der Waals surface area contributed by atoms with Gasteiger partial charge in [0.25, 0.3) is 0 Å². The molecule has 0 aromatic heterocycles. The number of halogens is 1. The fourth-order valence-corrected chi connectivity index (χ4v) is 7.44. The highest BCUT2D eigenvalue weighted by Crippen LogP contribution is 2.64. The second kappa shape index (κ2) is 5.62. The van der Waals surface area contributed by atoms with Gasteiger partial charge in [0.2, 0.25) is 11.8 Å². The molecule has 2 bridgehead atoms. The van der Waals surface area contributed by atoms with Crippen LogP contribution in [-0.2, 0) is 16.0 Å². The van der Waals surface area contributed by atoms with E-state index in [1.807, 2.05) is 6.07 Å². The van der Waals surface area contributed by atoms with Gasteiger partial charge in [0.1, 0.15) is 5.82 Å². The Balaban J connectivity index is 1.81. The van der Waals surface area contributed by atoms with Gasteiger partial charge >= 0.3 is 6.03 Å². The molecule has 4 amide bonds. The van der Waals surface area contributed by atoms with Crippen molar-refractivity contribution < 1.29 is 18.8 Å². The number of fused-ring (bicyclic) bond motifs is 8. The summed E-state index contributed by atoms with van der Waals surface area (Å²) in [5.41, 5.74) is -0.571. The largest absolute Gasteiger partial charge is 0.361 e. The van der Waals surface area contributed by atoms with E-state index < -0.39 is 29.3 Å². The summed E-state index contributed by atoms with van der Waals surface area (Å²) in [6.45, 7) is 6.55. The van der Waals surface area contributed by atoms with Crippen LogP contribution in [0, 0.1) is 22.1 Å². The van der Waals surface area contributed by atoms with E-state index in [1.165, 1.54) is 20.2 Å². The number of para-hydroxylation sites is 1. The van der Waals surface area contributed by atoms with Crippen LogP contribution in [0.4, 0.5) is 14.9 Å². The van der Waals surface area contributed by atoms with Crippen molar-refractivity contribution in [1.82, 2.24) is 9.80 Å². The Morgan fingerprint density at radius 3 is 2.27 bits per heavy atom. The van der Waals surface area contributed by atoms with Crippen molar-refractivity contribution in [2.24, 2.45) is 16.2 Å². The lowest BCUT2D eigenvalue weighted by Crippen LogP contribution is -2.72. The molecular weight excluding hydrogens is 385 g/mol. The van der Waals surface area contributed by atoms with E-state index in [0.717, 1.165) is 29.1 Å². The maximum absolute atomic E-state index is 15.2. The Bertz CT molecular complexity index is 981. The number of rotatable bonds is 0. The molecule has 7 heteroatoms. The van der Waals surface area contributed by atoms with Crippen molar-refractivity contribution in [3.8, 4) is 0 Å². The number of urea groups is 1. The van der Waals surface area contributed by atoms with Crippen LogP contribution in [0.15, 0.2) is 18.2 Å². The van der Waals surface area contributed by atoms with Crippen molar-refractivity contribution in [3.63, 3.8) is 0 Å². The van der Waals surface area contributed by atoms with Crippen molar-refractivity contribution in [1.29, 1.82) is 0 Å². The average Bonchev–Trinajstić information content (AvgIpc) is 2.89. The SMILES string of the molecule is CN1C(=O)N(C)C(=O)C2(Cc3cccc(F)c3N3[C@H]4CC(C)(C)C[C@](C)(C4)[C@@H]32)C1=O. The van der Waals surface area contributed by atoms with Crippen molar-refractivity contribution >= 4 is 23.5 Å². The first kappa shape index (κ1) is 19.5. The minimum absolute atomic E-state index is 0.00992. The first-order valence-electron chi connectivity index (χ1n) is 10.6. The van der Waals surface area contributed by atoms with Gasteiger partial charge < -0.3 is 4.90 Å². The first-order valence-corrected chi connectivity index (χ1v) is 10.6. The van der Waals surface area contributed by atoms with Crippen molar-refractivity contribution in [2.45, 2.75) is 58.5 Å². The Morgan fingerprint density at radius 1 is 1.00 bits per heavy atom. The lowest BCUT2D eigenvalue weighted by Gasteiger charge is -2.54. The van der Waals surface area contributed by atoms with E-state index in [2.05, 4.69) is 25.7 Å². The third-order valence-corrected chi connectivity index (χ3v) is 7.92. The molecule has 160 valence electrons. The molecule has 1 aromatic rings. The number of amides is 4. The smallest absolute Gasteiger partial charge is 0.332 e. The zero-order chi connectivity index (χ0) is 21.8. The number of hydrogen-bond donors (Lipinski definition) is 0. The molecule has 3 heterocycles. The molecule has 1 aromatic carbocycles. The third kappa shape index (κ3) is 2.16. The van der Waals surface area contributed by atoms with Gasteiger partial charge in [-0.25, -0.2) is 9.18 Å². The van der Waals surface area contributed by atoms with Gasteiger partial charge in [-0.3, -0.25) is 19.4 Å². The molecule has 3 atom stereocenters. The predicted octanol–water partition coefficient (Wildman–Crippen LogP) is 3.19. The quantitative estimate of drug-likeness (QED) is 0.613. The van der Waals surface area contributed by atoms with Gasteiger partial charge in [-0.15, -0.1) is 0 Å². The van der Waals surface area contributed by atoms with Crippen LogP contribution in [0.1, 0.15) is 45.6 Å². The van der Waals surface area contributed by atoms with Crippen LogP contribution in [-0.4, -0.2) is 53.8 Å². The van der Waals surface area contributed by atoms with Gasteiger partial charge in [-0.05, 0) is 48.1 Å². The number of carbonyl (C=O) groups is 3. The van der Waals surface area contributed by atoms with Gasteiger partial charge in [-0.1, -0.05) is 32.9 Å². The number of barbiturate groups is 1. The summed E-state index contributed by atoms with van der Waals surface area (Å²) in [6.07, 6.45) is 2.63. The van der Waals surface area contributed by atoms with Crippen LogP contribution in [0.2, 0.25) is 0 Å². The molecule has 0 N–H and O–H groups in total. The number of hydrogen-bond acceptors (Lipinski definition) is 4. The topological polar surface area (TPSA) is 60.9 Å². The molecule has 2 saturated heterocycles.